The third-order valence-corrected chi connectivity index (χ3v) is 5.43. The minimum absolute atomic E-state index is 0.0933. The summed E-state index contributed by atoms with van der Waals surface area (Å²) >= 11 is 0. The van der Waals surface area contributed by atoms with Crippen LogP contribution in [-0.2, 0) is 4.79 Å². The summed E-state index contributed by atoms with van der Waals surface area (Å²) in [4.78, 5) is 27.3. The maximum atomic E-state index is 14.1. The number of benzene rings is 1. The van der Waals surface area contributed by atoms with Gasteiger partial charge in [0.2, 0.25) is 5.91 Å². The van der Waals surface area contributed by atoms with E-state index in [9.17, 15) is 22.8 Å². The van der Waals surface area contributed by atoms with Gasteiger partial charge in [0.05, 0.1) is 25.2 Å². The molecule has 1 fully saturated rings. The van der Waals surface area contributed by atoms with Gasteiger partial charge in [-0.2, -0.15) is 18.4 Å². The molecule has 170 valence electrons. The minimum atomic E-state index is -4.75. The molecule has 1 aromatic rings. The molecule has 2 N–H and O–H groups in total. The lowest BCUT2D eigenvalue weighted by molar-refractivity contribution is -0.192. The zero-order valence-corrected chi connectivity index (χ0v) is 17.9. The predicted molar refractivity (Wildman–Crippen MR) is 110 cm³/mol. The molecule has 31 heavy (non-hydrogen) atoms. The van der Waals surface area contributed by atoms with Crippen LogP contribution in [0.4, 0.5) is 13.2 Å². The van der Waals surface area contributed by atoms with Gasteiger partial charge in [0.25, 0.3) is 0 Å². The fraction of sp³-hybridized carbons (Fsp3) is 0.591. The summed E-state index contributed by atoms with van der Waals surface area (Å²) in [6, 6.07) is 3.52. The van der Waals surface area contributed by atoms with Crippen LogP contribution < -0.4 is 5.73 Å². The molecule has 0 saturated carbocycles. The first kappa shape index (κ1) is 24.8. The first-order chi connectivity index (χ1) is 14.5. The molecular weight excluding hydrogens is 409 g/mol. The van der Waals surface area contributed by atoms with E-state index in [4.69, 9.17) is 11.0 Å². The topological polar surface area (TPSA) is 90.4 Å². The second kappa shape index (κ2) is 10.7. The summed E-state index contributed by atoms with van der Waals surface area (Å²) in [7, 11) is 0. The van der Waals surface area contributed by atoms with E-state index in [0.717, 1.165) is 30.8 Å². The van der Waals surface area contributed by atoms with Crippen LogP contribution in [0.25, 0.3) is 0 Å². The number of hydrogen-bond acceptors (Lipinski definition) is 5. The second-order valence-electron chi connectivity index (χ2n) is 8.35. The minimum Gasteiger partial charge on any atom is -0.368 e. The van der Waals surface area contributed by atoms with E-state index in [1.807, 2.05) is 4.90 Å². The Kier molecular flexibility index (Phi) is 8.60. The molecule has 0 aliphatic carbocycles. The molecule has 0 radical (unpaired) electrons. The zero-order chi connectivity index (χ0) is 23.2. The summed E-state index contributed by atoms with van der Waals surface area (Å²) in [5.74, 6) is -1.16. The highest BCUT2D eigenvalue weighted by Crippen LogP contribution is 2.39. The average molecular weight is 438 g/mol. The van der Waals surface area contributed by atoms with Crippen LogP contribution in [-0.4, -0.2) is 59.9 Å². The number of likely N-dealkylation sites (tertiary alicyclic amines) is 1. The van der Waals surface area contributed by atoms with Crippen molar-refractivity contribution in [3.8, 4) is 6.07 Å². The Bertz CT molecular complexity index is 796. The molecule has 0 spiro atoms. The normalized spacial score (nSPS) is 17.0. The van der Waals surface area contributed by atoms with Crippen molar-refractivity contribution >= 4 is 11.7 Å². The van der Waals surface area contributed by atoms with Crippen LogP contribution in [0.15, 0.2) is 24.3 Å². The summed E-state index contributed by atoms with van der Waals surface area (Å²) in [5, 5.41) is 9.16. The number of amides is 1. The van der Waals surface area contributed by atoms with Crippen molar-refractivity contribution < 1.29 is 22.8 Å². The van der Waals surface area contributed by atoms with Crippen LogP contribution in [0, 0.1) is 17.2 Å². The van der Waals surface area contributed by atoms with Gasteiger partial charge in [0, 0.05) is 5.56 Å². The lowest BCUT2D eigenvalue weighted by atomic mass is 9.96. The number of hydrogen-bond donors (Lipinski definition) is 1. The number of nitriles is 1. The SMILES string of the molecule is CC(C)C[C@@H](C(N)=O)N(CC#N)C(c1ccc(C(=O)CN2CCCC2)cc1)C(F)(F)F. The number of primary amides is 1. The molecule has 1 amide bonds. The first-order valence-electron chi connectivity index (χ1n) is 10.4. The van der Waals surface area contributed by atoms with Gasteiger partial charge in [-0.1, -0.05) is 38.1 Å². The Morgan fingerprint density at radius 2 is 1.77 bits per heavy atom. The lowest BCUT2D eigenvalue weighted by Crippen LogP contribution is -2.51. The molecule has 9 heteroatoms. The van der Waals surface area contributed by atoms with Crippen LogP contribution in [0.2, 0.25) is 0 Å². The Balaban J connectivity index is 2.34. The van der Waals surface area contributed by atoms with Gasteiger partial charge >= 0.3 is 6.18 Å². The summed E-state index contributed by atoms with van der Waals surface area (Å²) < 4.78 is 42.3. The number of alkyl halides is 3. The van der Waals surface area contributed by atoms with E-state index in [1.54, 1.807) is 19.9 Å². The molecule has 1 aliphatic heterocycles. The Labute approximate surface area is 180 Å². The molecule has 2 atom stereocenters. The average Bonchev–Trinajstić information content (AvgIpc) is 3.18. The molecule has 1 saturated heterocycles. The quantitative estimate of drug-likeness (QED) is 0.447. The standard InChI is InChI=1S/C22H29F3N4O2/c1-15(2)13-18(21(27)31)29(12-9-26)20(22(23,24)25)17-7-5-16(6-8-17)19(30)14-28-10-3-4-11-28/h5-8,15,18,20H,3-4,10-14H2,1-2H3,(H2,27,31)/t18-,20?/m0/s1. The van der Waals surface area contributed by atoms with E-state index >= 15 is 0 Å². The van der Waals surface area contributed by atoms with E-state index in [2.05, 4.69) is 0 Å². The van der Waals surface area contributed by atoms with Gasteiger partial charge in [0.1, 0.15) is 6.04 Å². The number of nitrogens with zero attached hydrogens (tertiary/aromatic N) is 3. The molecule has 0 aromatic heterocycles. The maximum Gasteiger partial charge on any atom is 0.408 e. The number of carbonyl (C=O) groups excluding carboxylic acids is 2. The zero-order valence-electron chi connectivity index (χ0n) is 17.9. The van der Waals surface area contributed by atoms with Crippen LogP contribution >= 0.6 is 0 Å². The largest absolute Gasteiger partial charge is 0.408 e. The first-order valence-corrected chi connectivity index (χ1v) is 10.4. The van der Waals surface area contributed by atoms with E-state index in [-0.39, 0.29) is 30.2 Å². The highest BCUT2D eigenvalue weighted by atomic mass is 19.4. The Morgan fingerprint density at radius 1 is 1.19 bits per heavy atom. The number of ketones is 1. The van der Waals surface area contributed by atoms with Crippen molar-refractivity contribution in [2.24, 2.45) is 11.7 Å². The molecule has 2 rings (SSSR count). The Hall–Kier alpha value is -2.44. The monoisotopic (exact) mass is 438 g/mol. The van der Waals surface area contributed by atoms with Gasteiger partial charge in [-0.15, -0.1) is 0 Å². The van der Waals surface area contributed by atoms with Gasteiger partial charge in [-0.3, -0.25) is 19.4 Å². The number of carbonyl (C=O) groups is 2. The fourth-order valence-electron chi connectivity index (χ4n) is 3.98. The van der Waals surface area contributed by atoms with Gasteiger partial charge in [-0.05, 0) is 43.8 Å². The van der Waals surface area contributed by atoms with Crippen LogP contribution in [0.3, 0.4) is 0 Å². The number of nitrogens with two attached hydrogens (primary N) is 1. The molecule has 6 nitrogen and oxygen atoms in total. The van der Waals surface area contributed by atoms with E-state index < -0.39 is 30.7 Å². The number of Topliss-reactive ketones (excluding diaryl/α,β-unsaturated/α-hetero) is 1. The third kappa shape index (κ3) is 6.77. The van der Waals surface area contributed by atoms with Crippen LogP contribution in [0.5, 0.6) is 0 Å². The van der Waals surface area contributed by atoms with E-state index in [1.165, 1.54) is 24.3 Å². The summed E-state index contributed by atoms with van der Waals surface area (Å²) in [6.07, 6.45) is -2.59. The highest BCUT2D eigenvalue weighted by molar-refractivity contribution is 5.97. The van der Waals surface area contributed by atoms with Crippen molar-refractivity contribution in [1.29, 1.82) is 5.26 Å². The highest BCUT2D eigenvalue weighted by Gasteiger charge is 2.48. The molecule has 1 aromatic carbocycles. The van der Waals surface area contributed by atoms with Gasteiger partial charge in [0.15, 0.2) is 5.78 Å². The van der Waals surface area contributed by atoms with Crippen molar-refractivity contribution in [3.63, 3.8) is 0 Å². The van der Waals surface area contributed by atoms with Crippen LogP contribution in [0.1, 0.15) is 55.1 Å². The number of halogens is 3. The van der Waals surface area contributed by atoms with Gasteiger partial charge < -0.3 is 5.73 Å². The van der Waals surface area contributed by atoms with E-state index in [0.29, 0.717) is 5.56 Å². The Morgan fingerprint density at radius 3 is 2.23 bits per heavy atom. The molecule has 1 heterocycles. The second-order valence-corrected chi connectivity index (χ2v) is 8.35. The molecule has 1 aliphatic rings. The smallest absolute Gasteiger partial charge is 0.368 e. The summed E-state index contributed by atoms with van der Waals surface area (Å²) in [6.45, 7) is 4.84. The summed E-state index contributed by atoms with van der Waals surface area (Å²) in [5.41, 5.74) is 5.60. The van der Waals surface area contributed by atoms with Crippen molar-refractivity contribution in [2.45, 2.75) is 51.4 Å². The van der Waals surface area contributed by atoms with Crippen molar-refractivity contribution in [2.75, 3.05) is 26.2 Å². The predicted octanol–water partition coefficient (Wildman–Crippen LogP) is 3.29. The lowest BCUT2D eigenvalue weighted by Gasteiger charge is -2.37. The van der Waals surface area contributed by atoms with Crippen molar-refractivity contribution in [1.82, 2.24) is 9.80 Å². The van der Waals surface area contributed by atoms with Crippen molar-refractivity contribution in [3.05, 3.63) is 35.4 Å². The molecular formula is C22H29F3N4O2. The molecule has 1 unspecified atom stereocenters. The third-order valence-electron chi connectivity index (χ3n) is 5.43. The van der Waals surface area contributed by atoms with Gasteiger partial charge in [-0.25, -0.2) is 0 Å². The fourth-order valence-corrected chi connectivity index (χ4v) is 3.98. The number of rotatable bonds is 10. The molecule has 0 bridgehead atoms. The maximum absolute atomic E-state index is 14.1.